The number of hydrogen-bond donors (Lipinski definition) is 0. The lowest BCUT2D eigenvalue weighted by Crippen LogP contribution is -2.43. The Balaban J connectivity index is 2.05. The van der Waals surface area contributed by atoms with Gasteiger partial charge < -0.3 is 9.64 Å². The van der Waals surface area contributed by atoms with Crippen LogP contribution in [0.1, 0.15) is 5.56 Å². The molecule has 0 aliphatic carbocycles. The van der Waals surface area contributed by atoms with E-state index in [1.807, 2.05) is 24.3 Å². The van der Waals surface area contributed by atoms with E-state index in [-0.39, 0.29) is 24.9 Å². The standard InChI is InChI=1S/C14H16ClF2NO2/c15-5-6-18(8-13(16)17)14(19)11-7-10-3-1-2-4-12(10)20-9-11/h1-4,11,13H,5-9H2. The van der Waals surface area contributed by atoms with Crippen molar-refractivity contribution in [3.05, 3.63) is 29.8 Å². The van der Waals surface area contributed by atoms with E-state index in [4.69, 9.17) is 16.3 Å². The molecule has 110 valence electrons. The molecule has 1 heterocycles. The first-order valence-corrected chi connectivity index (χ1v) is 6.99. The Morgan fingerprint density at radius 1 is 1.45 bits per heavy atom. The van der Waals surface area contributed by atoms with Crippen molar-refractivity contribution in [2.24, 2.45) is 5.92 Å². The number of rotatable bonds is 5. The Morgan fingerprint density at radius 3 is 2.90 bits per heavy atom. The molecular weight excluding hydrogens is 288 g/mol. The second-order valence-corrected chi connectivity index (χ2v) is 5.06. The van der Waals surface area contributed by atoms with Crippen LogP contribution in [0.3, 0.4) is 0 Å². The second kappa shape index (κ2) is 6.88. The Hall–Kier alpha value is -1.36. The molecule has 0 radical (unpaired) electrons. The largest absolute Gasteiger partial charge is 0.492 e. The van der Waals surface area contributed by atoms with E-state index in [1.54, 1.807) is 0 Å². The van der Waals surface area contributed by atoms with E-state index in [9.17, 15) is 13.6 Å². The van der Waals surface area contributed by atoms with E-state index in [1.165, 1.54) is 0 Å². The third-order valence-electron chi connectivity index (χ3n) is 3.25. The van der Waals surface area contributed by atoms with Crippen molar-refractivity contribution in [1.82, 2.24) is 4.90 Å². The summed E-state index contributed by atoms with van der Waals surface area (Å²) in [6, 6.07) is 7.45. The minimum absolute atomic E-state index is 0.128. The number of alkyl halides is 3. The predicted octanol–water partition coefficient (Wildman–Crippen LogP) is 2.57. The molecule has 2 rings (SSSR count). The summed E-state index contributed by atoms with van der Waals surface area (Å²) < 4.78 is 30.5. The molecule has 0 aromatic heterocycles. The molecular formula is C14H16ClF2NO2. The van der Waals surface area contributed by atoms with Gasteiger partial charge in [0.05, 0.1) is 12.5 Å². The topological polar surface area (TPSA) is 29.5 Å². The van der Waals surface area contributed by atoms with Crippen molar-refractivity contribution in [2.75, 3.05) is 25.6 Å². The fraction of sp³-hybridized carbons (Fsp3) is 0.500. The monoisotopic (exact) mass is 303 g/mol. The van der Waals surface area contributed by atoms with Crippen LogP contribution in [-0.4, -0.2) is 42.8 Å². The average molecular weight is 304 g/mol. The van der Waals surface area contributed by atoms with Gasteiger partial charge in [0.25, 0.3) is 6.43 Å². The third kappa shape index (κ3) is 3.60. The summed E-state index contributed by atoms with van der Waals surface area (Å²) in [7, 11) is 0. The number of para-hydroxylation sites is 1. The molecule has 0 N–H and O–H groups in total. The van der Waals surface area contributed by atoms with Gasteiger partial charge in [-0.2, -0.15) is 0 Å². The summed E-state index contributed by atoms with van der Waals surface area (Å²) in [6.07, 6.45) is -2.05. The lowest BCUT2D eigenvalue weighted by Gasteiger charge is -2.29. The first-order valence-electron chi connectivity index (χ1n) is 6.45. The van der Waals surface area contributed by atoms with Crippen LogP contribution in [0, 0.1) is 5.92 Å². The zero-order valence-electron chi connectivity index (χ0n) is 10.9. The van der Waals surface area contributed by atoms with Gasteiger partial charge in [0.15, 0.2) is 0 Å². The molecule has 1 aromatic carbocycles. The molecule has 0 spiro atoms. The van der Waals surface area contributed by atoms with Crippen molar-refractivity contribution in [3.8, 4) is 5.75 Å². The molecule has 1 aliphatic rings. The predicted molar refractivity (Wildman–Crippen MR) is 72.4 cm³/mol. The van der Waals surface area contributed by atoms with Crippen molar-refractivity contribution >= 4 is 17.5 Å². The first kappa shape index (κ1) is 15.0. The van der Waals surface area contributed by atoms with E-state index in [0.29, 0.717) is 6.42 Å². The maximum Gasteiger partial charge on any atom is 0.255 e. The molecule has 1 unspecified atom stereocenters. The van der Waals surface area contributed by atoms with Crippen LogP contribution in [0.4, 0.5) is 8.78 Å². The SMILES string of the molecule is O=C(C1COc2ccccc2C1)N(CCCl)CC(F)F. The van der Waals surface area contributed by atoms with Crippen molar-refractivity contribution in [1.29, 1.82) is 0 Å². The molecule has 1 amide bonds. The highest BCUT2D eigenvalue weighted by molar-refractivity contribution is 6.18. The highest BCUT2D eigenvalue weighted by atomic mass is 35.5. The number of halogens is 3. The zero-order chi connectivity index (χ0) is 14.5. The van der Waals surface area contributed by atoms with Gasteiger partial charge in [-0.05, 0) is 18.1 Å². The zero-order valence-corrected chi connectivity index (χ0v) is 11.7. The molecule has 0 saturated heterocycles. The molecule has 1 aliphatic heterocycles. The van der Waals surface area contributed by atoms with Crippen molar-refractivity contribution in [3.63, 3.8) is 0 Å². The average Bonchev–Trinajstić information content (AvgIpc) is 2.45. The number of carbonyl (C=O) groups is 1. The molecule has 1 atom stereocenters. The number of fused-ring (bicyclic) bond motifs is 1. The Bertz CT molecular complexity index is 470. The highest BCUT2D eigenvalue weighted by Gasteiger charge is 2.30. The highest BCUT2D eigenvalue weighted by Crippen LogP contribution is 2.27. The smallest absolute Gasteiger partial charge is 0.255 e. The Labute approximate surface area is 121 Å². The van der Waals surface area contributed by atoms with Gasteiger partial charge in [-0.15, -0.1) is 11.6 Å². The van der Waals surface area contributed by atoms with Crippen molar-refractivity contribution < 1.29 is 18.3 Å². The van der Waals surface area contributed by atoms with Crippen LogP contribution in [0.5, 0.6) is 5.75 Å². The van der Waals surface area contributed by atoms with Gasteiger partial charge in [0, 0.05) is 12.4 Å². The van der Waals surface area contributed by atoms with Crippen LogP contribution in [-0.2, 0) is 11.2 Å². The Kier molecular flexibility index (Phi) is 5.17. The summed E-state index contributed by atoms with van der Waals surface area (Å²) >= 11 is 5.57. The normalized spacial score (nSPS) is 17.5. The van der Waals surface area contributed by atoms with Gasteiger partial charge in [0.2, 0.25) is 5.91 Å². The van der Waals surface area contributed by atoms with Crippen LogP contribution in [0.25, 0.3) is 0 Å². The molecule has 0 saturated carbocycles. The van der Waals surface area contributed by atoms with Crippen LogP contribution < -0.4 is 4.74 Å². The van der Waals surface area contributed by atoms with Crippen molar-refractivity contribution in [2.45, 2.75) is 12.8 Å². The molecule has 6 heteroatoms. The number of ether oxygens (including phenoxy) is 1. The summed E-state index contributed by atoms with van der Waals surface area (Å²) in [5.41, 5.74) is 0.931. The number of nitrogens with zero attached hydrogens (tertiary/aromatic N) is 1. The summed E-state index contributed by atoms with van der Waals surface area (Å²) in [4.78, 5) is 13.4. The number of hydrogen-bond acceptors (Lipinski definition) is 2. The lowest BCUT2D eigenvalue weighted by molar-refractivity contribution is -0.138. The van der Waals surface area contributed by atoms with Gasteiger partial charge in [-0.1, -0.05) is 18.2 Å². The minimum atomic E-state index is -2.56. The van der Waals surface area contributed by atoms with Crippen LogP contribution >= 0.6 is 11.6 Å². The molecule has 1 aromatic rings. The molecule has 3 nitrogen and oxygen atoms in total. The first-order chi connectivity index (χ1) is 9.61. The van der Waals surface area contributed by atoms with Gasteiger partial charge >= 0.3 is 0 Å². The van der Waals surface area contributed by atoms with E-state index >= 15 is 0 Å². The Morgan fingerprint density at radius 2 is 2.20 bits per heavy atom. The number of benzene rings is 1. The van der Waals surface area contributed by atoms with Gasteiger partial charge in [-0.3, -0.25) is 4.79 Å². The van der Waals surface area contributed by atoms with Crippen LogP contribution in [0.15, 0.2) is 24.3 Å². The fourth-order valence-corrected chi connectivity index (χ4v) is 2.51. The summed E-state index contributed by atoms with van der Waals surface area (Å²) in [5, 5.41) is 0. The third-order valence-corrected chi connectivity index (χ3v) is 3.42. The number of carbonyl (C=O) groups excluding carboxylic acids is 1. The maximum absolute atomic E-state index is 12.5. The molecule has 0 fully saturated rings. The van der Waals surface area contributed by atoms with E-state index in [2.05, 4.69) is 0 Å². The molecule has 20 heavy (non-hydrogen) atoms. The maximum atomic E-state index is 12.5. The minimum Gasteiger partial charge on any atom is -0.492 e. The van der Waals surface area contributed by atoms with E-state index < -0.39 is 18.9 Å². The number of amides is 1. The van der Waals surface area contributed by atoms with E-state index in [0.717, 1.165) is 16.2 Å². The van der Waals surface area contributed by atoms with Gasteiger partial charge in [-0.25, -0.2) is 8.78 Å². The van der Waals surface area contributed by atoms with Crippen LogP contribution in [0.2, 0.25) is 0 Å². The summed E-state index contributed by atoms with van der Waals surface area (Å²) in [6.45, 7) is -0.232. The summed E-state index contributed by atoms with van der Waals surface area (Å²) in [5.74, 6) is 0.157. The quantitative estimate of drug-likeness (QED) is 0.783. The molecule has 0 bridgehead atoms. The fourth-order valence-electron chi connectivity index (χ4n) is 2.30. The van der Waals surface area contributed by atoms with Gasteiger partial charge in [0.1, 0.15) is 12.4 Å². The lowest BCUT2D eigenvalue weighted by atomic mass is 9.95. The second-order valence-electron chi connectivity index (χ2n) is 4.68.